The first-order chi connectivity index (χ1) is 8.56. The van der Waals surface area contributed by atoms with Crippen molar-refractivity contribution in [2.24, 2.45) is 5.73 Å². The molecule has 0 heterocycles. The van der Waals surface area contributed by atoms with E-state index in [1.54, 1.807) is 12.1 Å². The second kappa shape index (κ2) is 5.46. The first-order valence-corrected chi connectivity index (χ1v) is 5.89. The summed E-state index contributed by atoms with van der Waals surface area (Å²) in [5.41, 5.74) is 7.01. The Kier molecular flexibility index (Phi) is 3.94. The monoisotopic (exact) mass is 267 g/mol. The normalized spacial score (nSPS) is 12.4. The highest BCUT2D eigenvalue weighted by molar-refractivity contribution is 6.30. The summed E-state index contributed by atoms with van der Waals surface area (Å²) in [6, 6.07) is 9.84. The number of halogens is 3. The molecule has 1 atom stereocenters. The summed E-state index contributed by atoms with van der Waals surface area (Å²) in [5.74, 6) is -0.976. The summed E-state index contributed by atoms with van der Waals surface area (Å²) in [6.07, 6.45) is 0.428. The zero-order valence-corrected chi connectivity index (χ0v) is 10.3. The Morgan fingerprint density at radius 1 is 1.06 bits per heavy atom. The third-order valence-corrected chi connectivity index (χ3v) is 2.98. The van der Waals surface area contributed by atoms with Gasteiger partial charge in [0, 0.05) is 16.6 Å². The van der Waals surface area contributed by atoms with Crippen molar-refractivity contribution in [3.63, 3.8) is 0 Å². The van der Waals surface area contributed by atoms with Gasteiger partial charge in [-0.3, -0.25) is 0 Å². The van der Waals surface area contributed by atoms with Gasteiger partial charge >= 0.3 is 0 Å². The molecule has 1 nitrogen and oxygen atoms in total. The van der Waals surface area contributed by atoms with E-state index in [2.05, 4.69) is 0 Å². The highest BCUT2D eigenvalue weighted by Crippen LogP contribution is 2.21. The van der Waals surface area contributed by atoms with Gasteiger partial charge in [-0.25, -0.2) is 8.78 Å². The molecule has 2 N–H and O–H groups in total. The van der Waals surface area contributed by atoms with E-state index >= 15 is 0 Å². The lowest BCUT2D eigenvalue weighted by Crippen LogP contribution is -2.15. The Balaban J connectivity index is 2.18. The predicted octanol–water partition coefficient (Wildman–Crippen LogP) is 3.86. The van der Waals surface area contributed by atoms with Gasteiger partial charge in [0.25, 0.3) is 0 Å². The number of nitrogens with two attached hydrogens (primary N) is 1. The van der Waals surface area contributed by atoms with Crippen LogP contribution in [0.3, 0.4) is 0 Å². The zero-order valence-electron chi connectivity index (χ0n) is 9.54. The highest BCUT2D eigenvalue weighted by Gasteiger charge is 2.13. The second-order valence-electron chi connectivity index (χ2n) is 4.10. The van der Waals surface area contributed by atoms with Crippen molar-refractivity contribution in [1.29, 1.82) is 0 Å². The molecule has 2 aromatic rings. The molecule has 18 heavy (non-hydrogen) atoms. The largest absolute Gasteiger partial charge is 0.324 e. The van der Waals surface area contributed by atoms with Crippen LogP contribution in [0.5, 0.6) is 0 Å². The molecule has 0 aliphatic carbocycles. The summed E-state index contributed by atoms with van der Waals surface area (Å²) < 4.78 is 26.6. The van der Waals surface area contributed by atoms with Crippen molar-refractivity contribution >= 4 is 11.6 Å². The van der Waals surface area contributed by atoms with E-state index < -0.39 is 17.7 Å². The van der Waals surface area contributed by atoms with Crippen molar-refractivity contribution in [1.82, 2.24) is 0 Å². The van der Waals surface area contributed by atoms with Gasteiger partial charge in [-0.1, -0.05) is 23.7 Å². The topological polar surface area (TPSA) is 26.0 Å². The van der Waals surface area contributed by atoms with E-state index in [1.807, 2.05) is 12.1 Å². The van der Waals surface area contributed by atoms with Gasteiger partial charge in [-0.2, -0.15) is 0 Å². The Labute approximate surface area is 109 Å². The van der Waals surface area contributed by atoms with Crippen LogP contribution in [0.4, 0.5) is 8.78 Å². The fourth-order valence-corrected chi connectivity index (χ4v) is 1.91. The standard InChI is InChI=1S/C14H12ClF2N/c15-10-3-1-9(2-4-10)7-14(18)12-8-11(16)5-6-13(12)17/h1-6,8,14H,7,18H2. The molecule has 0 bridgehead atoms. The van der Waals surface area contributed by atoms with Crippen LogP contribution < -0.4 is 5.73 Å². The molecule has 1 unspecified atom stereocenters. The first-order valence-electron chi connectivity index (χ1n) is 5.51. The van der Waals surface area contributed by atoms with Gasteiger partial charge in [0.15, 0.2) is 0 Å². The molecule has 0 saturated heterocycles. The molecule has 0 spiro atoms. The number of hydrogen-bond acceptors (Lipinski definition) is 1. The van der Waals surface area contributed by atoms with Crippen LogP contribution in [0.15, 0.2) is 42.5 Å². The lowest BCUT2D eigenvalue weighted by Gasteiger charge is -2.13. The lowest BCUT2D eigenvalue weighted by atomic mass is 9.99. The Morgan fingerprint density at radius 3 is 2.39 bits per heavy atom. The molecule has 4 heteroatoms. The fourth-order valence-electron chi connectivity index (χ4n) is 1.78. The Morgan fingerprint density at radius 2 is 1.72 bits per heavy atom. The summed E-state index contributed by atoms with van der Waals surface area (Å²) in [4.78, 5) is 0. The van der Waals surface area contributed by atoms with Crippen molar-refractivity contribution in [3.8, 4) is 0 Å². The summed E-state index contributed by atoms with van der Waals surface area (Å²) >= 11 is 5.77. The molecule has 2 rings (SSSR count). The van der Waals surface area contributed by atoms with Crippen molar-refractivity contribution in [3.05, 3.63) is 70.2 Å². The van der Waals surface area contributed by atoms with Gasteiger partial charge in [0.1, 0.15) is 11.6 Å². The van der Waals surface area contributed by atoms with Crippen molar-refractivity contribution < 1.29 is 8.78 Å². The predicted molar refractivity (Wildman–Crippen MR) is 68.4 cm³/mol. The quantitative estimate of drug-likeness (QED) is 0.898. The molecule has 94 valence electrons. The SMILES string of the molecule is NC(Cc1ccc(Cl)cc1)c1cc(F)ccc1F. The maximum atomic E-state index is 13.5. The number of hydrogen-bond donors (Lipinski definition) is 1. The van der Waals surface area contributed by atoms with Gasteiger partial charge in [-0.15, -0.1) is 0 Å². The third-order valence-electron chi connectivity index (χ3n) is 2.73. The van der Waals surface area contributed by atoms with Crippen LogP contribution in [-0.2, 0) is 6.42 Å². The minimum absolute atomic E-state index is 0.185. The minimum atomic E-state index is -0.582. The van der Waals surface area contributed by atoms with Gasteiger partial charge in [0.05, 0.1) is 0 Å². The number of benzene rings is 2. The molecule has 0 aromatic heterocycles. The molecule has 0 radical (unpaired) electrons. The van der Waals surface area contributed by atoms with Gasteiger partial charge in [-0.05, 0) is 42.3 Å². The Bertz CT molecular complexity index is 540. The smallest absolute Gasteiger partial charge is 0.128 e. The van der Waals surface area contributed by atoms with Crippen molar-refractivity contribution in [2.45, 2.75) is 12.5 Å². The first kappa shape index (κ1) is 13.0. The average Bonchev–Trinajstić information content (AvgIpc) is 2.35. The molecule has 0 fully saturated rings. The van der Waals surface area contributed by atoms with Crippen LogP contribution in [0.1, 0.15) is 17.2 Å². The fraction of sp³-hybridized carbons (Fsp3) is 0.143. The van der Waals surface area contributed by atoms with E-state index in [4.69, 9.17) is 17.3 Å². The number of rotatable bonds is 3. The second-order valence-corrected chi connectivity index (χ2v) is 4.54. The highest BCUT2D eigenvalue weighted by atomic mass is 35.5. The molecular formula is C14H12ClF2N. The van der Waals surface area contributed by atoms with Crippen LogP contribution in [0, 0.1) is 11.6 Å². The summed E-state index contributed by atoms with van der Waals surface area (Å²) in [7, 11) is 0. The molecule has 0 amide bonds. The van der Waals surface area contributed by atoms with Crippen LogP contribution in [0.25, 0.3) is 0 Å². The molecule has 2 aromatic carbocycles. The van der Waals surface area contributed by atoms with E-state index in [0.717, 1.165) is 23.8 Å². The zero-order chi connectivity index (χ0) is 13.1. The van der Waals surface area contributed by atoms with Gasteiger partial charge in [0.2, 0.25) is 0 Å². The molecule has 0 aliphatic rings. The average molecular weight is 268 g/mol. The van der Waals surface area contributed by atoms with Crippen LogP contribution >= 0.6 is 11.6 Å². The lowest BCUT2D eigenvalue weighted by molar-refractivity contribution is 0.561. The Hall–Kier alpha value is -1.45. The van der Waals surface area contributed by atoms with Gasteiger partial charge < -0.3 is 5.73 Å². The maximum absolute atomic E-state index is 13.5. The molecular weight excluding hydrogens is 256 g/mol. The summed E-state index contributed by atoms with van der Waals surface area (Å²) in [6.45, 7) is 0. The van der Waals surface area contributed by atoms with E-state index in [9.17, 15) is 8.78 Å². The van der Waals surface area contributed by atoms with E-state index in [1.165, 1.54) is 0 Å². The van der Waals surface area contributed by atoms with E-state index in [-0.39, 0.29) is 5.56 Å². The third kappa shape index (κ3) is 3.06. The van der Waals surface area contributed by atoms with Crippen LogP contribution in [-0.4, -0.2) is 0 Å². The van der Waals surface area contributed by atoms with Crippen molar-refractivity contribution in [2.75, 3.05) is 0 Å². The van der Waals surface area contributed by atoms with Crippen LogP contribution in [0.2, 0.25) is 5.02 Å². The summed E-state index contributed by atoms with van der Waals surface area (Å²) in [5, 5.41) is 0.629. The van der Waals surface area contributed by atoms with E-state index in [0.29, 0.717) is 11.4 Å². The maximum Gasteiger partial charge on any atom is 0.128 e. The minimum Gasteiger partial charge on any atom is -0.324 e. The molecule has 0 aliphatic heterocycles. The molecule has 0 saturated carbocycles.